The molecule has 1 fully saturated rings. The summed E-state index contributed by atoms with van der Waals surface area (Å²) in [6, 6.07) is 3.14. The summed E-state index contributed by atoms with van der Waals surface area (Å²) in [7, 11) is 0. The maximum absolute atomic E-state index is 12.5. The summed E-state index contributed by atoms with van der Waals surface area (Å²) in [5.41, 5.74) is 0.534. The number of nitrogens with one attached hydrogen (secondary N) is 1. The van der Waals surface area contributed by atoms with E-state index in [1.54, 1.807) is 19.1 Å². The number of rotatable bonds is 5. The molecule has 7 heteroatoms. The minimum atomic E-state index is -0.838. The molecule has 0 aromatic carbocycles. The highest BCUT2D eigenvalue weighted by molar-refractivity contribution is 5.80. The third-order valence-corrected chi connectivity index (χ3v) is 4.88. The van der Waals surface area contributed by atoms with Crippen molar-refractivity contribution >= 4 is 11.9 Å². The summed E-state index contributed by atoms with van der Waals surface area (Å²) < 4.78 is 10.8. The van der Waals surface area contributed by atoms with Gasteiger partial charge in [0.1, 0.15) is 5.76 Å². The van der Waals surface area contributed by atoms with E-state index in [0.29, 0.717) is 35.9 Å². The van der Waals surface area contributed by atoms with Crippen molar-refractivity contribution in [2.24, 2.45) is 5.92 Å². The number of carbonyl (C=O) groups is 2. The van der Waals surface area contributed by atoms with Gasteiger partial charge in [0.2, 0.25) is 5.91 Å². The van der Waals surface area contributed by atoms with E-state index in [1.165, 1.54) is 6.26 Å². The first-order chi connectivity index (χ1) is 12.5. The number of hydrogen-bond donors (Lipinski definition) is 2. The normalized spacial score (nSPS) is 21.0. The molecule has 0 spiro atoms. The topological polar surface area (TPSA) is 106 Å². The van der Waals surface area contributed by atoms with E-state index in [1.807, 2.05) is 0 Å². The zero-order valence-corrected chi connectivity index (χ0v) is 14.9. The van der Waals surface area contributed by atoms with Gasteiger partial charge in [0.05, 0.1) is 24.3 Å². The summed E-state index contributed by atoms with van der Waals surface area (Å²) in [6.45, 7) is 1.75. The van der Waals surface area contributed by atoms with Crippen LogP contribution >= 0.6 is 0 Å². The van der Waals surface area contributed by atoms with E-state index in [4.69, 9.17) is 8.83 Å². The highest BCUT2D eigenvalue weighted by atomic mass is 16.4. The summed E-state index contributed by atoms with van der Waals surface area (Å²) in [5, 5.41) is 12.4. The molecule has 1 aliphatic carbocycles. The van der Waals surface area contributed by atoms with Crippen LogP contribution < -0.4 is 5.32 Å². The molecule has 1 amide bonds. The van der Waals surface area contributed by atoms with Gasteiger partial charge in [-0.05, 0) is 31.9 Å². The van der Waals surface area contributed by atoms with Crippen LogP contribution in [0.3, 0.4) is 0 Å². The Morgan fingerprint density at radius 2 is 2.04 bits per heavy atom. The molecule has 26 heavy (non-hydrogen) atoms. The maximum atomic E-state index is 12.5. The Labute approximate surface area is 151 Å². The summed E-state index contributed by atoms with van der Waals surface area (Å²) in [6.07, 6.45) is 6.83. The predicted molar refractivity (Wildman–Crippen MR) is 93.4 cm³/mol. The van der Waals surface area contributed by atoms with Gasteiger partial charge in [0.15, 0.2) is 5.76 Å². The quantitative estimate of drug-likeness (QED) is 0.847. The van der Waals surface area contributed by atoms with Gasteiger partial charge in [-0.25, -0.2) is 4.98 Å². The van der Waals surface area contributed by atoms with Crippen LogP contribution in [0, 0.1) is 12.8 Å². The minimum Gasteiger partial charge on any atom is -0.481 e. The zero-order valence-electron chi connectivity index (χ0n) is 14.9. The predicted octanol–water partition coefficient (Wildman–Crippen LogP) is 3.33. The molecule has 0 radical (unpaired) electrons. The SMILES string of the molecule is Cc1oc(-c2ccco2)nc1CC(=O)NC1CCCCCCC1C(=O)O. The molecule has 2 atom stereocenters. The first kappa shape index (κ1) is 18.2. The third-order valence-electron chi connectivity index (χ3n) is 4.88. The van der Waals surface area contributed by atoms with Crippen LogP contribution in [0.4, 0.5) is 0 Å². The molecule has 3 rings (SSSR count). The van der Waals surface area contributed by atoms with E-state index in [2.05, 4.69) is 10.3 Å². The number of carboxylic acid groups (broad SMARTS) is 1. The lowest BCUT2D eigenvalue weighted by molar-refractivity contribution is -0.143. The monoisotopic (exact) mass is 360 g/mol. The van der Waals surface area contributed by atoms with Crippen molar-refractivity contribution in [3.63, 3.8) is 0 Å². The molecule has 140 valence electrons. The molecular weight excluding hydrogens is 336 g/mol. The molecule has 2 N–H and O–H groups in total. The van der Waals surface area contributed by atoms with Crippen molar-refractivity contribution in [3.8, 4) is 11.7 Å². The fourth-order valence-electron chi connectivity index (χ4n) is 3.46. The summed E-state index contributed by atoms with van der Waals surface area (Å²) in [4.78, 5) is 28.4. The van der Waals surface area contributed by atoms with Crippen LogP contribution in [0.25, 0.3) is 11.7 Å². The molecule has 2 unspecified atom stereocenters. The summed E-state index contributed by atoms with van der Waals surface area (Å²) >= 11 is 0. The number of amides is 1. The Morgan fingerprint density at radius 1 is 1.27 bits per heavy atom. The van der Waals surface area contributed by atoms with E-state index in [9.17, 15) is 14.7 Å². The van der Waals surface area contributed by atoms with Gasteiger partial charge in [0, 0.05) is 6.04 Å². The Kier molecular flexibility index (Phi) is 5.75. The average Bonchev–Trinajstić information content (AvgIpc) is 3.20. The molecule has 7 nitrogen and oxygen atoms in total. The smallest absolute Gasteiger partial charge is 0.308 e. The van der Waals surface area contributed by atoms with Crippen LogP contribution in [-0.4, -0.2) is 28.0 Å². The van der Waals surface area contributed by atoms with Crippen LogP contribution in [0.2, 0.25) is 0 Å². The number of aliphatic carboxylic acids is 1. The van der Waals surface area contributed by atoms with E-state index >= 15 is 0 Å². The lowest BCUT2D eigenvalue weighted by Gasteiger charge is -2.27. The molecule has 1 saturated carbocycles. The average molecular weight is 360 g/mol. The van der Waals surface area contributed by atoms with Crippen molar-refractivity contribution < 1.29 is 23.5 Å². The maximum Gasteiger partial charge on any atom is 0.308 e. The Hall–Kier alpha value is -2.57. The molecule has 0 saturated heterocycles. The number of nitrogens with zero attached hydrogens (tertiary/aromatic N) is 1. The number of carbonyl (C=O) groups excluding carboxylic acids is 1. The first-order valence-electron chi connectivity index (χ1n) is 9.07. The number of hydrogen-bond acceptors (Lipinski definition) is 5. The van der Waals surface area contributed by atoms with Crippen molar-refractivity contribution in [1.29, 1.82) is 0 Å². The Balaban J connectivity index is 1.66. The van der Waals surface area contributed by atoms with Gasteiger partial charge in [-0.1, -0.05) is 25.7 Å². The number of aromatic nitrogens is 1. The number of oxazole rings is 1. The molecule has 0 bridgehead atoms. The first-order valence-corrected chi connectivity index (χ1v) is 9.07. The zero-order chi connectivity index (χ0) is 18.5. The molecular formula is C19H24N2O5. The van der Waals surface area contributed by atoms with Gasteiger partial charge in [-0.2, -0.15) is 0 Å². The van der Waals surface area contributed by atoms with Crippen molar-refractivity contribution in [2.75, 3.05) is 0 Å². The van der Waals surface area contributed by atoms with Crippen LogP contribution in [0.15, 0.2) is 27.2 Å². The van der Waals surface area contributed by atoms with Crippen LogP contribution in [-0.2, 0) is 16.0 Å². The molecule has 2 aromatic heterocycles. The molecule has 2 heterocycles. The van der Waals surface area contributed by atoms with Crippen molar-refractivity contribution in [1.82, 2.24) is 10.3 Å². The molecule has 0 aliphatic heterocycles. The minimum absolute atomic E-state index is 0.0544. The molecule has 1 aliphatic rings. The lowest BCUT2D eigenvalue weighted by Crippen LogP contribution is -2.44. The number of furan rings is 1. The van der Waals surface area contributed by atoms with Crippen LogP contribution in [0.1, 0.15) is 50.0 Å². The van der Waals surface area contributed by atoms with Gasteiger partial charge >= 0.3 is 5.97 Å². The van der Waals surface area contributed by atoms with E-state index in [0.717, 1.165) is 25.7 Å². The summed E-state index contributed by atoms with van der Waals surface area (Å²) in [5.74, 6) is -0.204. The van der Waals surface area contributed by atoms with Gasteiger partial charge in [0.25, 0.3) is 5.89 Å². The fourth-order valence-corrected chi connectivity index (χ4v) is 3.46. The standard InChI is InChI=1S/C19H24N2O5/c1-12-15(21-18(26-12)16-9-6-10-25-16)11-17(22)20-14-8-5-3-2-4-7-13(14)19(23)24/h6,9-10,13-14H,2-5,7-8,11H2,1H3,(H,20,22)(H,23,24). The second-order valence-electron chi connectivity index (χ2n) is 6.79. The Bertz CT molecular complexity index is 750. The Morgan fingerprint density at radius 3 is 2.73 bits per heavy atom. The molecule has 2 aromatic rings. The van der Waals surface area contributed by atoms with Crippen LogP contribution in [0.5, 0.6) is 0 Å². The van der Waals surface area contributed by atoms with E-state index in [-0.39, 0.29) is 18.4 Å². The van der Waals surface area contributed by atoms with Crippen molar-refractivity contribution in [2.45, 2.75) is 57.9 Å². The van der Waals surface area contributed by atoms with E-state index < -0.39 is 11.9 Å². The van der Waals surface area contributed by atoms with Gasteiger partial charge < -0.3 is 19.3 Å². The number of aryl methyl sites for hydroxylation is 1. The lowest BCUT2D eigenvalue weighted by atomic mass is 9.86. The van der Waals surface area contributed by atoms with Gasteiger partial charge in [-0.3, -0.25) is 9.59 Å². The third kappa shape index (κ3) is 4.33. The number of carboxylic acids is 1. The van der Waals surface area contributed by atoms with Gasteiger partial charge in [-0.15, -0.1) is 0 Å². The second kappa shape index (κ2) is 8.21. The van der Waals surface area contributed by atoms with Crippen molar-refractivity contribution in [3.05, 3.63) is 29.9 Å². The fraction of sp³-hybridized carbons (Fsp3) is 0.526. The largest absolute Gasteiger partial charge is 0.481 e. The highest BCUT2D eigenvalue weighted by Crippen LogP contribution is 2.24. The second-order valence-corrected chi connectivity index (χ2v) is 6.79. The highest BCUT2D eigenvalue weighted by Gasteiger charge is 2.30.